The Morgan fingerprint density at radius 1 is 1.19 bits per heavy atom. The molecule has 134 valence electrons. The third kappa shape index (κ3) is 4.22. The van der Waals surface area contributed by atoms with Crippen LogP contribution in [0.5, 0.6) is 5.75 Å². The summed E-state index contributed by atoms with van der Waals surface area (Å²) >= 11 is 0. The molecule has 0 bridgehead atoms. The maximum absolute atomic E-state index is 12.0. The van der Waals surface area contributed by atoms with Crippen molar-refractivity contribution in [2.24, 2.45) is 0 Å². The second kappa shape index (κ2) is 7.74. The van der Waals surface area contributed by atoms with E-state index in [0.717, 1.165) is 17.4 Å². The number of furan rings is 1. The highest BCUT2D eigenvalue weighted by Gasteiger charge is 2.13. The first-order valence-corrected chi connectivity index (χ1v) is 8.28. The van der Waals surface area contributed by atoms with Gasteiger partial charge in [-0.05, 0) is 36.2 Å². The molecule has 6 nitrogen and oxygen atoms in total. The highest BCUT2D eigenvalue weighted by Crippen LogP contribution is 2.25. The summed E-state index contributed by atoms with van der Waals surface area (Å²) in [6, 6.07) is 12.2. The number of carbonyl (C=O) groups is 2. The molecule has 0 unspecified atom stereocenters. The molecule has 1 aromatic heterocycles. The maximum atomic E-state index is 12.0. The molecule has 0 fully saturated rings. The van der Waals surface area contributed by atoms with Crippen LogP contribution in [-0.4, -0.2) is 23.6 Å². The first-order valence-electron chi connectivity index (χ1n) is 8.28. The molecule has 0 saturated carbocycles. The van der Waals surface area contributed by atoms with Crippen LogP contribution in [-0.2, 0) is 27.2 Å². The van der Waals surface area contributed by atoms with Crippen LogP contribution in [0, 0.1) is 0 Å². The van der Waals surface area contributed by atoms with Gasteiger partial charge in [0.25, 0.3) is 5.91 Å². The molecule has 6 heteroatoms. The predicted molar refractivity (Wildman–Crippen MR) is 97.0 cm³/mol. The molecule has 0 aliphatic heterocycles. The largest absolute Gasteiger partial charge is 0.508 e. The molecule has 0 aliphatic rings. The number of phenols is 1. The Kier molecular flexibility index (Phi) is 5.22. The Bertz CT molecular complexity index is 944. The van der Waals surface area contributed by atoms with Crippen molar-refractivity contribution < 1.29 is 23.8 Å². The third-order valence-electron chi connectivity index (χ3n) is 3.96. The van der Waals surface area contributed by atoms with Gasteiger partial charge in [-0.2, -0.15) is 0 Å². The number of aryl methyl sites for hydroxylation is 1. The lowest BCUT2D eigenvalue weighted by Gasteiger charge is -2.07. The van der Waals surface area contributed by atoms with Crippen LogP contribution >= 0.6 is 0 Å². The Morgan fingerprint density at radius 2 is 2.04 bits per heavy atom. The number of aromatic hydroxyl groups is 1. The first kappa shape index (κ1) is 17.5. The van der Waals surface area contributed by atoms with Crippen LogP contribution < -0.4 is 5.32 Å². The summed E-state index contributed by atoms with van der Waals surface area (Å²) in [6.07, 6.45) is 2.30. The topological polar surface area (TPSA) is 88.8 Å². The van der Waals surface area contributed by atoms with Gasteiger partial charge in [-0.3, -0.25) is 9.59 Å². The zero-order valence-electron chi connectivity index (χ0n) is 14.3. The monoisotopic (exact) mass is 353 g/mol. The van der Waals surface area contributed by atoms with Crippen molar-refractivity contribution in [1.29, 1.82) is 0 Å². The van der Waals surface area contributed by atoms with E-state index in [-0.39, 0.29) is 18.8 Å². The lowest BCUT2D eigenvalue weighted by Crippen LogP contribution is -2.21. The number of hydrogen-bond donors (Lipinski definition) is 2. The molecule has 3 aromatic rings. The quantitative estimate of drug-likeness (QED) is 0.663. The molecule has 2 N–H and O–H groups in total. The molecule has 1 heterocycles. The van der Waals surface area contributed by atoms with E-state index in [1.165, 1.54) is 18.4 Å². The van der Waals surface area contributed by atoms with Crippen molar-refractivity contribution in [3.8, 4) is 5.75 Å². The number of amides is 1. The molecule has 0 aliphatic carbocycles. The van der Waals surface area contributed by atoms with Gasteiger partial charge in [0, 0.05) is 22.7 Å². The number of benzene rings is 2. The first-order chi connectivity index (χ1) is 12.5. The highest BCUT2D eigenvalue weighted by molar-refractivity contribution is 5.93. The minimum Gasteiger partial charge on any atom is -0.508 e. The Labute approximate surface area is 150 Å². The molecule has 3 rings (SSSR count). The van der Waals surface area contributed by atoms with E-state index in [2.05, 4.69) is 5.32 Å². The molecular weight excluding hydrogens is 334 g/mol. The van der Waals surface area contributed by atoms with E-state index in [4.69, 9.17) is 9.15 Å². The molecule has 2 aromatic carbocycles. The van der Waals surface area contributed by atoms with Crippen molar-refractivity contribution in [1.82, 2.24) is 0 Å². The number of carbonyl (C=O) groups excluding carboxylic acids is 2. The summed E-state index contributed by atoms with van der Waals surface area (Å²) in [5.74, 6) is -0.836. The zero-order valence-corrected chi connectivity index (χ0v) is 14.3. The van der Waals surface area contributed by atoms with Gasteiger partial charge in [-0.25, -0.2) is 0 Å². The van der Waals surface area contributed by atoms with E-state index in [1.54, 1.807) is 12.1 Å². The second-order valence-corrected chi connectivity index (χ2v) is 5.88. The van der Waals surface area contributed by atoms with Gasteiger partial charge in [0.05, 0.1) is 12.7 Å². The van der Waals surface area contributed by atoms with Gasteiger partial charge < -0.3 is 19.6 Å². The number of hydrogen-bond acceptors (Lipinski definition) is 5. The molecule has 1 amide bonds. The fourth-order valence-corrected chi connectivity index (χ4v) is 2.63. The lowest BCUT2D eigenvalue weighted by molar-refractivity contribution is -0.146. The Balaban J connectivity index is 1.53. The second-order valence-electron chi connectivity index (χ2n) is 5.88. The molecule has 0 saturated heterocycles. The number of phenolic OH excluding ortho intramolecular Hbond substituents is 1. The van der Waals surface area contributed by atoms with E-state index < -0.39 is 11.9 Å². The third-order valence-corrected chi connectivity index (χ3v) is 3.96. The molecule has 26 heavy (non-hydrogen) atoms. The van der Waals surface area contributed by atoms with Crippen molar-refractivity contribution in [3.05, 3.63) is 59.9 Å². The van der Waals surface area contributed by atoms with Crippen LogP contribution in [0.1, 0.15) is 18.1 Å². The summed E-state index contributed by atoms with van der Waals surface area (Å²) in [4.78, 5) is 23.9. The summed E-state index contributed by atoms with van der Waals surface area (Å²) in [6.45, 7) is 1.68. The Morgan fingerprint density at radius 3 is 2.85 bits per heavy atom. The van der Waals surface area contributed by atoms with Crippen molar-refractivity contribution >= 4 is 28.5 Å². The van der Waals surface area contributed by atoms with Crippen LogP contribution in [0.3, 0.4) is 0 Å². The number of fused-ring (bicyclic) bond motifs is 1. The fraction of sp³-hybridized carbons (Fsp3) is 0.200. The Hall–Kier alpha value is -3.28. The summed E-state index contributed by atoms with van der Waals surface area (Å²) in [5.41, 5.74) is 2.91. The van der Waals surface area contributed by atoms with E-state index >= 15 is 0 Å². The average Bonchev–Trinajstić information content (AvgIpc) is 3.02. The number of rotatable bonds is 6. The molecule has 0 spiro atoms. The van der Waals surface area contributed by atoms with Gasteiger partial charge in [0.1, 0.15) is 11.3 Å². The van der Waals surface area contributed by atoms with Gasteiger partial charge in [-0.15, -0.1) is 0 Å². The SMILES string of the molecule is CCc1cccc(NC(=O)COC(=O)Cc2coc3cc(O)ccc23)c1. The lowest BCUT2D eigenvalue weighted by atomic mass is 10.1. The predicted octanol–water partition coefficient (Wildman–Crippen LogP) is 3.43. The number of ether oxygens (including phenoxy) is 1. The zero-order chi connectivity index (χ0) is 18.5. The van der Waals surface area contributed by atoms with Gasteiger partial charge in [-0.1, -0.05) is 19.1 Å². The van der Waals surface area contributed by atoms with Crippen molar-refractivity contribution in [2.45, 2.75) is 19.8 Å². The van der Waals surface area contributed by atoms with Gasteiger partial charge >= 0.3 is 5.97 Å². The molecular formula is C20H19NO5. The molecule has 0 atom stereocenters. The highest BCUT2D eigenvalue weighted by atomic mass is 16.5. The van der Waals surface area contributed by atoms with Gasteiger partial charge in [0.15, 0.2) is 6.61 Å². The number of esters is 1. The summed E-state index contributed by atoms with van der Waals surface area (Å²) in [7, 11) is 0. The van der Waals surface area contributed by atoms with E-state index in [0.29, 0.717) is 16.8 Å². The van der Waals surface area contributed by atoms with Crippen LogP contribution in [0.25, 0.3) is 11.0 Å². The number of anilines is 1. The minimum atomic E-state index is -0.529. The van der Waals surface area contributed by atoms with Crippen molar-refractivity contribution in [3.63, 3.8) is 0 Å². The van der Waals surface area contributed by atoms with Crippen LogP contribution in [0.2, 0.25) is 0 Å². The fourth-order valence-electron chi connectivity index (χ4n) is 2.63. The molecule has 0 radical (unpaired) electrons. The minimum absolute atomic E-state index is 0.0175. The standard InChI is InChI=1S/C20H19NO5/c1-2-13-4-3-5-15(8-13)21-19(23)12-26-20(24)9-14-11-25-18-10-16(22)6-7-17(14)18/h3-8,10-11,22H,2,9,12H2,1H3,(H,21,23). The number of nitrogens with one attached hydrogen (secondary N) is 1. The van der Waals surface area contributed by atoms with E-state index in [1.807, 2.05) is 25.1 Å². The van der Waals surface area contributed by atoms with Crippen LogP contribution in [0.15, 0.2) is 53.1 Å². The summed E-state index contributed by atoms with van der Waals surface area (Å²) in [5, 5.41) is 12.9. The van der Waals surface area contributed by atoms with Gasteiger partial charge in [0.2, 0.25) is 0 Å². The van der Waals surface area contributed by atoms with Crippen LogP contribution in [0.4, 0.5) is 5.69 Å². The average molecular weight is 353 g/mol. The maximum Gasteiger partial charge on any atom is 0.310 e. The summed E-state index contributed by atoms with van der Waals surface area (Å²) < 4.78 is 10.3. The normalized spacial score (nSPS) is 10.7. The smallest absolute Gasteiger partial charge is 0.310 e. The van der Waals surface area contributed by atoms with Crippen molar-refractivity contribution in [2.75, 3.05) is 11.9 Å². The van der Waals surface area contributed by atoms with E-state index in [9.17, 15) is 14.7 Å².